The molecule has 6 nitrogen and oxygen atoms in total. The maximum absolute atomic E-state index is 12.3. The van der Waals surface area contributed by atoms with Gasteiger partial charge in [-0.1, -0.05) is 11.6 Å². The van der Waals surface area contributed by atoms with Crippen LogP contribution in [0.3, 0.4) is 0 Å². The van der Waals surface area contributed by atoms with Crippen molar-refractivity contribution in [2.45, 2.75) is 32.1 Å². The summed E-state index contributed by atoms with van der Waals surface area (Å²) in [5.41, 5.74) is 2.70. The van der Waals surface area contributed by atoms with Crippen LogP contribution in [0, 0.1) is 0 Å². The first-order valence-corrected chi connectivity index (χ1v) is 9.98. The molecule has 0 aliphatic heterocycles. The zero-order valence-corrected chi connectivity index (χ0v) is 16.5. The molecule has 0 saturated heterocycles. The minimum Gasteiger partial charge on any atom is -0.493 e. The number of aromatic nitrogens is 1. The number of amides is 1. The van der Waals surface area contributed by atoms with E-state index in [1.165, 1.54) is 36.2 Å². The minimum atomic E-state index is -0.136. The number of nitrogens with one attached hydrogen (secondary N) is 2. The highest BCUT2D eigenvalue weighted by Crippen LogP contribution is 2.31. The van der Waals surface area contributed by atoms with Crippen LogP contribution in [-0.2, 0) is 0 Å². The molecule has 144 valence electrons. The quantitative estimate of drug-likeness (QED) is 0.652. The van der Waals surface area contributed by atoms with E-state index in [9.17, 15) is 4.79 Å². The molecule has 0 radical (unpaired) electrons. The number of thiazole rings is 1. The SMILES string of the molecule is COc1ccc(Nc2nc(C(=O)NCCC3=CCCCC3)cs2)cc1OC. The number of carbonyl (C=O) groups excluding carboxylic acids is 1. The van der Waals surface area contributed by atoms with Crippen LogP contribution in [0.1, 0.15) is 42.6 Å². The number of anilines is 2. The number of rotatable bonds is 8. The van der Waals surface area contributed by atoms with Gasteiger partial charge in [0.2, 0.25) is 0 Å². The lowest BCUT2D eigenvalue weighted by Crippen LogP contribution is -2.25. The van der Waals surface area contributed by atoms with Crippen molar-refractivity contribution in [3.63, 3.8) is 0 Å². The molecule has 1 amide bonds. The Balaban J connectivity index is 1.54. The smallest absolute Gasteiger partial charge is 0.270 e. The van der Waals surface area contributed by atoms with Gasteiger partial charge in [0.25, 0.3) is 5.91 Å². The highest BCUT2D eigenvalue weighted by molar-refractivity contribution is 7.14. The normalized spacial score (nSPS) is 13.6. The highest BCUT2D eigenvalue weighted by Gasteiger charge is 2.12. The molecule has 0 unspecified atom stereocenters. The lowest BCUT2D eigenvalue weighted by molar-refractivity contribution is 0.0950. The Morgan fingerprint density at radius 1 is 1.22 bits per heavy atom. The van der Waals surface area contributed by atoms with Gasteiger partial charge in [-0.25, -0.2) is 4.98 Å². The summed E-state index contributed by atoms with van der Waals surface area (Å²) in [5.74, 6) is 1.16. The second-order valence-corrected chi connectivity index (χ2v) is 7.20. The molecule has 0 atom stereocenters. The lowest BCUT2D eigenvalue weighted by Gasteiger charge is -2.12. The molecule has 0 fully saturated rings. The Morgan fingerprint density at radius 3 is 2.81 bits per heavy atom. The van der Waals surface area contributed by atoms with Crippen LogP contribution < -0.4 is 20.1 Å². The fourth-order valence-corrected chi connectivity index (χ4v) is 3.74. The Labute approximate surface area is 163 Å². The van der Waals surface area contributed by atoms with Gasteiger partial charge in [-0.2, -0.15) is 0 Å². The van der Waals surface area contributed by atoms with E-state index < -0.39 is 0 Å². The summed E-state index contributed by atoms with van der Waals surface area (Å²) < 4.78 is 10.5. The van der Waals surface area contributed by atoms with Crippen LogP contribution in [0.4, 0.5) is 10.8 Å². The van der Waals surface area contributed by atoms with E-state index in [0.717, 1.165) is 18.5 Å². The number of hydrogen-bond donors (Lipinski definition) is 2. The summed E-state index contributed by atoms with van der Waals surface area (Å²) in [6.45, 7) is 0.653. The molecule has 1 aromatic carbocycles. The van der Waals surface area contributed by atoms with Crippen LogP contribution in [-0.4, -0.2) is 31.7 Å². The summed E-state index contributed by atoms with van der Waals surface area (Å²) in [7, 11) is 3.19. The average Bonchev–Trinajstić information content (AvgIpc) is 3.17. The summed E-state index contributed by atoms with van der Waals surface area (Å²) >= 11 is 1.39. The fraction of sp³-hybridized carbons (Fsp3) is 0.400. The third-order valence-corrected chi connectivity index (χ3v) is 5.25. The average molecular weight is 388 g/mol. The van der Waals surface area contributed by atoms with Gasteiger partial charge < -0.3 is 20.1 Å². The number of nitrogens with zero attached hydrogens (tertiary/aromatic N) is 1. The predicted octanol–water partition coefficient (Wildman–Crippen LogP) is 4.52. The van der Waals surface area contributed by atoms with Crippen LogP contribution in [0.5, 0.6) is 11.5 Å². The second kappa shape index (κ2) is 9.41. The molecule has 7 heteroatoms. The first kappa shape index (κ1) is 19.2. The van der Waals surface area contributed by atoms with Crippen LogP contribution in [0.2, 0.25) is 0 Å². The van der Waals surface area contributed by atoms with Crippen molar-refractivity contribution in [1.82, 2.24) is 10.3 Å². The number of hydrogen-bond acceptors (Lipinski definition) is 6. The molecule has 3 rings (SSSR count). The first-order valence-electron chi connectivity index (χ1n) is 9.10. The van der Waals surface area contributed by atoms with Crippen molar-refractivity contribution in [3.05, 3.63) is 40.9 Å². The second-order valence-electron chi connectivity index (χ2n) is 6.35. The first-order chi connectivity index (χ1) is 13.2. The maximum Gasteiger partial charge on any atom is 0.270 e. The number of ether oxygens (including phenoxy) is 2. The van der Waals surface area contributed by atoms with Gasteiger partial charge >= 0.3 is 0 Å². The Kier molecular flexibility index (Phi) is 6.70. The van der Waals surface area contributed by atoms with Crippen LogP contribution in [0.25, 0.3) is 0 Å². The number of carbonyl (C=O) groups is 1. The summed E-state index contributed by atoms with van der Waals surface area (Å²) in [4.78, 5) is 16.7. The summed E-state index contributed by atoms with van der Waals surface area (Å²) in [6.07, 6.45) is 8.10. The van der Waals surface area contributed by atoms with Gasteiger partial charge in [0.1, 0.15) is 5.69 Å². The van der Waals surface area contributed by atoms with E-state index in [2.05, 4.69) is 21.7 Å². The molecule has 27 heavy (non-hydrogen) atoms. The summed E-state index contributed by atoms with van der Waals surface area (Å²) in [6, 6.07) is 5.53. The molecule has 0 bridgehead atoms. The molecular formula is C20H25N3O3S. The van der Waals surface area contributed by atoms with Crippen LogP contribution >= 0.6 is 11.3 Å². The van der Waals surface area contributed by atoms with Gasteiger partial charge in [0, 0.05) is 23.7 Å². The zero-order chi connectivity index (χ0) is 19.1. The molecule has 1 aromatic heterocycles. The number of allylic oxidation sites excluding steroid dienone is 1. The van der Waals surface area contributed by atoms with E-state index in [1.807, 2.05) is 18.2 Å². The lowest BCUT2D eigenvalue weighted by atomic mass is 9.97. The zero-order valence-electron chi connectivity index (χ0n) is 15.7. The van der Waals surface area contributed by atoms with Gasteiger partial charge in [0.15, 0.2) is 16.6 Å². The molecule has 0 spiro atoms. The third kappa shape index (κ3) is 5.23. The van der Waals surface area contributed by atoms with E-state index in [1.54, 1.807) is 19.6 Å². The Bertz CT molecular complexity index is 817. The van der Waals surface area contributed by atoms with Crippen LogP contribution in [0.15, 0.2) is 35.2 Å². The molecule has 0 saturated carbocycles. The van der Waals surface area contributed by atoms with Gasteiger partial charge in [-0.3, -0.25) is 4.79 Å². The highest BCUT2D eigenvalue weighted by atomic mass is 32.1. The molecule has 1 aliphatic rings. The van der Waals surface area contributed by atoms with Gasteiger partial charge in [-0.05, 0) is 44.2 Å². The third-order valence-electron chi connectivity index (χ3n) is 4.49. The van der Waals surface area contributed by atoms with E-state index in [4.69, 9.17) is 9.47 Å². The van der Waals surface area contributed by atoms with Crippen molar-refractivity contribution >= 4 is 28.1 Å². The van der Waals surface area contributed by atoms with Crippen molar-refractivity contribution in [3.8, 4) is 11.5 Å². The monoisotopic (exact) mass is 387 g/mol. The van der Waals surface area contributed by atoms with E-state index in [0.29, 0.717) is 28.9 Å². The van der Waals surface area contributed by atoms with Crippen molar-refractivity contribution in [2.75, 3.05) is 26.1 Å². The Morgan fingerprint density at radius 2 is 2.07 bits per heavy atom. The molecule has 2 aromatic rings. The largest absolute Gasteiger partial charge is 0.493 e. The number of benzene rings is 1. The summed E-state index contributed by atoms with van der Waals surface area (Å²) in [5, 5.41) is 8.57. The standard InChI is InChI=1S/C20H25N3O3S/c1-25-17-9-8-15(12-18(17)26-2)22-20-23-16(13-27-20)19(24)21-11-10-14-6-4-3-5-7-14/h6,8-9,12-13H,3-5,7,10-11H2,1-2H3,(H,21,24)(H,22,23). The van der Waals surface area contributed by atoms with Crippen molar-refractivity contribution in [1.29, 1.82) is 0 Å². The topological polar surface area (TPSA) is 72.5 Å². The van der Waals surface area contributed by atoms with E-state index >= 15 is 0 Å². The van der Waals surface area contributed by atoms with Crippen molar-refractivity contribution in [2.24, 2.45) is 0 Å². The van der Waals surface area contributed by atoms with E-state index in [-0.39, 0.29) is 5.91 Å². The number of methoxy groups -OCH3 is 2. The molecule has 2 N–H and O–H groups in total. The van der Waals surface area contributed by atoms with Crippen molar-refractivity contribution < 1.29 is 14.3 Å². The Hall–Kier alpha value is -2.54. The minimum absolute atomic E-state index is 0.136. The molecule has 1 heterocycles. The van der Waals surface area contributed by atoms with Gasteiger partial charge in [-0.15, -0.1) is 11.3 Å². The predicted molar refractivity (Wildman–Crippen MR) is 108 cm³/mol. The maximum atomic E-state index is 12.3. The molecular weight excluding hydrogens is 362 g/mol. The molecule has 1 aliphatic carbocycles. The fourth-order valence-electron chi connectivity index (χ4n) is 3.03. The van der Waals surface area contributed by atoms with Gasteiger partial charge in [0.05, 0.1) is 14.2 Å².